The van der Waals surface area contributed by atoms with Crippen LogP contribution >= 0.6 is 0 Å². The molecule has 2 N–H and O–H groups in total. The molecule has 0 saturated carbocycles. The molecule has 0 saturated heterocycles. The monoisotopic (exact) mass is 193 g/mol. The van der Waals surface area contributed by atoms with Crippen LogP contribution in [-0.2, 0) is 0 Å². The van der Waals surface area contributed by atoms with Crippen LogP contribution in [0.5, 0.6) is 5.75 Å². The number of ether oxygens (including phenoxy) is 1. The van der Waals surface area contributed by atoms with Gasteiger partial charge in [0.2, 0.25) is 0 Å². The number of anilines is 1. The van der Waals surface area contributed by atoms with E-state index in [0.717, 1.165) is 0 Å². The molecule has 6 nitrogen and oxygen atoms in total. The summed E-state index contributed by atoms with van der Waals surface area (Å²) >= 11 is 0. The van der Waals surface area contributed by atoms with E-state index in [0.29, 0.717) is 5.75 Å². The third-order valence-corrected chi connectivity index (χ3v) is 1.65. The van der Waals surface area contributed by atoms with E-state index in [-0.39, 0.29) is 16.9 Å². The number of rotatable bonds is 2. The number of nitrogen functional groups attached to an aromatic ring is 1. The predicted molar refractivity (Wildman–Crippen MR) is 48.8 cm³/mol. The van der Waals surface area contributed by atoms with E-state index in [4.69, 9.17) is 15.7 Å². The quantitative estimate of drug-likeness (QED) is 0.429. The van der Waals surface area contributed by atoms with Crippen LogP contribution in [0.2, 0.25) is 0 Å². The number of methoxy groups -OCH3 is 1. The Labute approximate surface area is 79.7 Å². The van der Waals surface area contributed by atoms with Gasteiger partial charge in [-0.05, 0) is 0 Å². The lowest BCUT2D eigenvalue weighted by atomic mass is 10.1. The molecule has 0 atom stereocenters. The van der Waals surface area contributed by atoms with Crippen molar-refractivity contribution in [3.05, 3.63) is 27.8 Å². The summed E-state index contributed by atoms with van der Waals surface area (Å²) in [6, 6.07) is 4.27. The zero-order valence-corrected chi connectivity index (χ0v) is 7.35. The predicted octanol–water partition coefficient (Wildman–Crippen LogP) is 1.06. The zero-order chi connectivity index (χ0) is 10.7. The molecule has 14 heavy (non-hydrogen) atoms. The number of nitrogens with two attached hydrogens (primary N) is 1. The Bertz CT molecular complexity index is 423. The fourth-order valence-corrected chi connectivity index (χ4v) is 1.04. The average Bonchev–Trinajstić information content (AvgIpc) is 2.15. The van der Waals surface area contributed by atoms with Crippen LogP contribution in [0.3, 0.4) is 0 Å². The molecule has 0 unspecified atom stereocenters. The maximum Gasteiger partial charge on any atom is 0.310 e. The minimum Gasteiger partial charge on any atom is -0.497 e. The molecule has 1 rings (SSSR count). The first-order chi connectivity index (χ1) is 6.60. The van der Waals surface area contributed by atoms with Crippen molar-refractivity contribution in [2.75, 3.05) is 12.8 Å². The molecular weight excluding hydrogens is 186 g/mol. The molecular formula is C8H7N3O3. The highest BCUT2D eigenvalue weighted by molar-refractivity contribution is 5.68. The van der Waals surface area contributed by atoms with E-state index in [1.165, 1.54) is 19.2 Å². The number of hydrogen-bond acceptors (Lipinski definition) is 5. The van der Waals surface area contributed by atoms with Crippen LogP contribution in [0.15, 0.2) is 12.1 Å². The van der Waals surface area contributed by atoms with Crippen molar-refractivity contribution in [2.24, 2.45) is 0 Å². The van der Waals surface area contributed by atoms with Crippen molar-refractivity contribution < 1.29 is 9.66 Å². The van der Waals surface area contributed by atoms with Gasteiger partial charge >= 0.3 is 5.69 Å². The lowest BCUT2D eigenvalue weighted by Gasteiger charge is -2.03. The van der Waals surface area contributed by atoms with E-state index in [2.05, 4.69) is 0 Å². The minimum atomic E-state index is -0.687. The van der Waals surface area contributed by atoms with E-state index in [1.54, 1.807) is 6.07 Å². The SMILES string of the molecule is COc1cc(N)c([N+](=O)[O-])c(C#N)c1. The lowest BCUT2D eigenvalue weighted by Crippen LogP contribution is -1.99. The molecule has 0 bridgehead atoms. The maximum absolute atomic E-state index is 10.5. The minimum absolute atomic E-state index is 0.0779. The second kappa shape index (κ2) is 3.62. The molecule has 72 valence electrons. The zero-order valence-electron chi connectivity index (χ0n) is 7.35. The van der Waals surface area contributed by atoms with Crippen molar-refractivity contribution in [1.82, 2.24) is 0 Å². The summed E-state index contributed by atoms with van der Waals surface area (Å²) in [5.41, 5.74) is 4.84. The number of nitro groups is 1. The molecule has 0 spiro atoms. The van der Waals surface area contributed by atoms with Crippen LogP contribution in [-0.4, -0.2) is 12.0 Å². The fourth-order valence-electron chi connectivity index (χ4n) is 1.04. The Hall–Kier alpha value is -2.29. The van der Waals surface area contributed by atoms with Gasteiger partial charge in [0.1, 0.15) is 23.1 Å². The normalized spacial score (nSPS) is 9.14. The van der Waals surface area contributed by atoms with Crippen LogP contribution in [0, 0.1) is 21.4 Å². The van der Waals surface area contributed by atoms with E-state index >= 15 is 0 Å². The fraction of sp³-hybridized carbons (Fsp3) is 0.125. The summed E-state index contributed by atoms with van der Waals surface area (Å²) in [7, 11) is 1.39. The summed E-state index contributed by atoms with van der Waals surface area (Å²) in [6.07, 6.45) is 0. The highest BCUT2D eigenvalue weighted by Gasteiger charge is 2.19. The van der Waals surface area contributed by atoms with Gasteiger partial charge in [0.05, 0.1) is 12.0 Å². The molecule has 0 amide bonds. The van der Waals surface area contributed by atoms with Gasteiger partial charge in [-0.15, -0.1) is 0 Å². The summed E-state index contributed by atoms with van der Waals surface area (Å²) in [4.78, 5) is 9.85. The van der Waals surface area contributed by atoms with Crippen molar-refractivity contribution in [3.63, 3.8) is 0 Å². The first kappa shape index (κ1) is 9.80. The first-order valence-electron chi connectivity index (χ1n) is 3.62. The van der Waals surface area contributed by atoms with E-state index in [9.17, 15) is 10.1 Å². The number of nitro benzene ring substituents is 1. The maximum atomic E-state index is 10.5. The highest BCUT2D eigenvalue weighted by atomic mass is 16.6. The van der Waals surface area contributed by atoms with Crippen molar-refractivity contribution in [1.29, 1.82) is 5.26 Å². The largest absolute Gasteiger partial charge is 0.497 e. The van der Waals surface area contributed by atoms with Gasteiger partial charge < -0.3 is 10.5 Å². The second-order valence-corrected chi connectivity index (χ2v) is 2.48. The van der Waals surface area contributed by atoms with Gasteiger partial charge in [-0.3, -0.25) is 10.1 Å². The van der Waals surface area contributed by atoms with Gasteiger partial charge in [0.15, 0.2) is 0 Å². The molecule has 0 fully saturated rings. The van der Waals surface area contributed by atoms with Crippen LogP contribution in [0.25, 0.3) is 0 Å². The smallest absolute Gasteiger partial charge is 0.310 e. The highest BCUT2D eigenvalue weighted by Crippen LogP contribution is 2.30. The number of nitriles is 1. The first-order valence-corrected chi connectivity index (χ1v) is 3.62. The molecule has 1 aromatic carbocycles. The van der Waals surface area contributed by atoms with Crippen LogP contribution in [0.4, 0.5) is 11.4 Å². The van der Waals surface area contributed by atoms with Gasteiger partial charge in [-0.2, -0.15) is 5.26 Å². The van der Waals surface area contributed by atoms with E-state index < -0.39 is 4.92 Å². The third-order valence-electron chi connectivity index (χ3n) is 1.65. The average molecular weight is 193 g/mol. The Balaban J connectivity index is 3.44. The van der Waals surface area contributed by atoms with Gasteiger partial charge in [-0.25, -0.2) is 0 Å². The Morgan fingerprint density at radius 1 is 1.64 bits per heavy atom. The molecule has 1 aromatic rings. The van der Waals surface area contributed by atoms with Gasteiger partial charge in [0, 0.05) is 12.1 Å². The lowest BCUT2D eigenvalue weighted by molar-refractivity contribution is -0.384. The summed E-state index contributed by atoms with van der Waals surface area (Å²) in [5, 5.41) is 19.2. The van der Waals surface area contributed by atoms with Gasteiger partial charge in [-0.1, -0.05) is 0 Å². The number of nitrogens with zero attached hydrogens (tertiary/aromatic N) is 2. The summed E-state index contributed by atoms with van der Waals surface area (Å²) < 4.78 is 4.82. The Morgan fingerprint density at radius 2 is 2.29 bits per heavy atom. The molecule has 0 aliphatic heterocycles. The van der Waals surface area contributed by atoms with E-state index in [1.807, 2.05) is 0 Å². The Morgan fingerprint density at radius 3 is 2.71 bits per heavy atom. The molecule has 0 aliphatic carbocycles. The molecule has 0 heterocycles. The number of benzene rings is 1. The molecule has 0 radical (unpaired) electrons. The van der Waals surface area contributed by atoms with Crippen molar-refractivity contribution in [2.45, 2.75) is 0 Å². The second-order valence-electron chi connectivity index (χ2n) is 2.48. The standard InChI is InChI=1S/C8H7N3O3/c1-14-6-2-5(4-9)8(11(12)13)7(10)3-6/h2-3H,10H2,1H3. The summed E-state index contributed by atoms with van der Waals surface area (Å²) in [6.45, 7) is 0. The number of hydrogen-bond donors (Lipinski definition) is 1. The molecule has 0 aliphatic rings. The topological polar surface area (TPSA) is 102 Å². The van der Waals surface area contributed by atoms with Crippen molar-refractivity contribution >= 4 is 11.4 Å². The van der Waals surface area contributed by atoms with Crippen molar-refractivity contribution in [3.8, 4) is 11.8 Å². The molecule has 0 aromatic heterocycles. The molecule has 6 heteroatoms. The third kappa shape index (κ3) is 1.56. The summed E-state index contributed by atoms with van der Waals surface area (Å²) in [5.74, 6) is 0.324. The van der Waals surface area contributed by atoms with Crippen LogP contribution < -0.4 is 10.5 Å². The Kier molecular flexibility index (Phi) is 2.53. The van der Waals surface area contributed by atoms with Crippen LogP contribution in [0.1, 0.15) is 5.56 Å². The van der Waals surface area contributed by atoms with Gasteiger partial charge in [0.25, 0.3) is 0 Å².